The van der Waals surface area contributed by atoms with Crippen molar-refractivity contribution in [2.24, 2.45) is 0 Å². The minimum absolute atomic E-state index is 0.0484. The molecule has 0 aliphatic carbocycles. The lowest BCUT2D eigenvalue weighted by Crippen LogP contribution is -1.96. The lowest BCUT2D eigenvalue weighted by atomic mass is 10.2. The Kier molecular flexibility index (Phi) is 1.51. The van der Waals surface area contributed by atoms with Gasteiger partial charge in [0.05, 0.1) is 5.39 Å². The highest BCUT2D eigenvalue weighted by Gasteiger charge is 2.11. The van der Waals surface area contributed by atoms with Gasteiger partial charge >= 0.3 is 0 Å². The molecular weight excluding hydrogens is 168 g/mol. The topological polar surface area (TPSA) is 84.7 Å². The summed E-state index contributed by atoms with van der Waals surface area (Å²) in [5.74, 6) is 0.282. The Bertz CT molecular complexity index is 474. The number of aromatic nitrogens is 3. The van der Waals surface area contributed by atoms with Crippen LogP contribution in [0.3, 0.4) is 0 Å². The van der Waals surface area contributed by atoms with Crippen LogP contribution in [0.2, 0.25) is 0 Å². The van der Waals surface area contributed by atoms with Crippen LogP contribution in [-0.2, 0) is 0 Å². The summed E-state index contributed by atoms with van der Waals surface area (Å²) in [7, 11) is 0. The molecule has 0 bridgehead atoms. The van der Waals surface area contributed by atoms with Crippen molar-refractivity contribution in [3.8, 4) is 0 Å². The van der Waals surface area contributed by atoms with Gasteiger partial charge in [-0.2, -0.15) is 0 Å². The van der Waals surface area contributed by atoms with Crippen LogP contribution in [0, 0.1) is 0 Å². The van der Waals surface area contributed by atoms with Gasteiger partial charge in [-0.05, 0) is 6.92 Å². The van der Waals surface area contributed by atoms with Gasteiger partial charge in [0.1, 0.15) is 17.8 Å². The number of carbonyl (C=O) groups is 1. The summed E-state index contributed by atoms with van der Waals surface area (Å²) in [6.45, 7) is 1.48. The molecule has 0 unspecified atom stereocenters. The number of anilines is 1. The average Bonchev–Trinajstić information content (AvgIpc) is 2.49. The van der Waals surface area contributed by atoms with E-state index >= 15 is 0 Å². The number of ketones is 1. The maximum Gasteiger partial charge on any atom is 0.162 e. The Morgan fingerprint density at radius 3 is 3.00 bits per heavy atom. The molecule has 0 amide bonds. The molecule has 3 N–H and O–H groups in total. The van der Waals surface area contributed by atoms with Crippen LogP contribution in [-0.4, -0.2) is 20.7 Å². The van der Waals surface area contributed by atoms with Crippen molar-refractivity contribution in [1.29, 1.82) is 0 Å². The molecule has 0 aliphatic heterocycles. The van der Waals surface area contributed by atoms with Crippen molar-refractivity contribution < 1.29 is 4.79 Å². The smallest absolute Gasteiger partial charge is 0.162 e. The maximum atomic E-state index is 11.1. The first-order chi connectivity index (χ1) is 6.20. The summed E-state index contributed by atoms with van der Waals surface area (Å²) < 4.78 is 0. The zero-order valence-electron chi connectivity index (χ0n) is 7.03. The van der Waals surface area contributed by atoms with Crippen LogP contribution in [0.5, 0.6) is 0 Å². The molecule has 13 heavy (non-hydrogen) atoms. The van der Waals surface area contributed by atoms with E-state index in [0.29, 0.717) is 22.4 Å². The first-order valence-corrected chi connectivity index (χ1v) is 3.78. The molecule has 0 radical (unpaired) electrons. The number of fused-ring (bicyclic) bond motifs is 1. The van der Waals surface area contributed by atoms with E-state index in [1.165, 1.54) is 13.3 Å². The number of aromatic amines is 1. The highest BCUT2D eigenvalue weighted by molar-refractivity contribution is 6.09. The average molecular weight is 176 g/mol. The summed E-state index contributed by atoms with van der Waals surface area (Å²) in [5.41, 5.74) is 6.75. The van der Waals surface area contributed by atoms with Crippen LogP contribution in [0.4, 0.5) is 5.82 Å². The molecule has 5 nitrogen and oxygen atoms in total. The zero-order chi connectivity index (χ0) is 9.42. The Morgan fingerprint density at radius 2 is 2.31 bits per heavy atom. The molecule has 0 atom stereocenters. The van der Waals surface area contributed by atoms with Crippen molar-refractivity contribution >= 4 is 22.6 Å². The fraction of sp³-hybridized carbons (Fsp3) is 0.125. The second kappa shape index (κ2) is 2.55. The van der Waals surface area contributed by atoms with Crippen LogP contribution in [0.1, 0.15) is 17.3 Å². The SMILES string of the molecule is CC(=O)c1c[nH]c2ncnc(N)c12. The van der Waals surface area contributed by atoms with Gasteiger partial charge in [0.2, 0.25) is 0 Å². The highest BCUT2D eigenvalue weighted by atomic mass is 16.1. The minimum atomic E-state index is -0.0484. The number of Topliss-reactive ketones (excluding diaryl/α,β-unsaturated/α-hetero) is 1. The maximum absolute atomic E-state index is 11.1. The molecule has 0 aromatic carbocycles. The first-order valence-electron chi connectivity index (χ1n) is 3.78. The van der Waals surface area contributed by atoms with E-state index in [9.17, 15) is 4.79 Å². The van der Waals surface area contributed by atoms with E-state index in [-0.39, 0.29) is 5.78 Å². The molecule has 2 aromatic heterocycles. The van der Waals surface area contributed by atoms with Gasteiger partial charge in [-0.15, -0.1) is 0 Å². The van der Waals surface area contributed by atoms with Crippen molar-refractivity contribution in [3.63, 3.8) is 0 Å². The molecule has 0 fully saturated rings. The molecule has 2 rings (SSSR count). The molecular formula is C8H8N4O. The van der Waals surface area contributed by atoms with Crippen LogP contribution in [0.25, 0.3) is 11.0 Å². The van der Waals surface area contributed by atoms with Crippen LogP contribution >= 0.6 is 0 Å². The molecule has 0 spiro atoms. The van der Waals surface area contributed by atoms with Crippen LogP contribution < -0.4 is 5.73 Å². The van der Waals surface area contributed by atoms with E-state index in [1.54, 1.807) is 6.20 Å². The lowest BCUT2D eigenvalue weighted by Gasteiger charge is -1.95. The van der Waals surface area contributed by atoms with Gasteiger partial charge in [0.15, 0.2) is 5.78 Å². The largest absolute Gasteiger partial charge is 0.383 e. The second-order valence-corrected chi connectivity index (χ2v) is 2.74. The fourth-order valence-electron chi connectivity index (χ4n) is 1.26. The normalized spacial score (nSPS) is 10.5. The number of H-pyrrole nitrogens is 1. The number of nitrogen functional groups attached to an aromatic ring is 1. The minimum Gasteiger partial charge on any atom is -0.383 e. The third-order valence-electron chi connectivity index (χ3n) is 1.88. The standard InChI is InChI=1S/C8H8N4O/c1-4(13)5-2-10-8-6(5)7(9)11-3-12-8/h2-3H,1H3,(H3,9,10,11,12). The second-order valence-electron chi connectivity index (χ2n) is 2.74. The van der Waals surface area contributed by atoms with E-state index < -0.39 is 0 Å². The quantitative estimate of drug-likeness (QED) is 0.627. The highest BCUT2D eigenvalue weighted by Crippen LogP contribution is 2.20. The Hall–Kier alpha value is -1.91. The van der Waals surface area contributed by atoms with Gasteiger partial charge in [0.25, 0.3) is 0 Å². The van der Waals surface area contributed by atoms with Gasteiger partial charge in [-0.25, -0.2) is 9.97 Å². The fourth-order valence-corrected chi connectivity index (χ4v) is 1.26. The predicted molar refractivity (Wildman–Crippen MR) is 48.3 cm³/mol. The summed E-state index contributed by atoms with van der Waals surface area (Å²) in [5, 5.41) is 0.606. The number of rotatable bonds is 1. The summed E-state index contributed by atoms with van der Waals surface area (Å²) in [6.07, 6.45) is 2.95. The number of hydrogen-bond acceptors (Lipinski definition) is 4. The number of nitrogens with two attached hydrogens (primary N) is 1. The third kappa shape index (κ3) is 1.05. The van der Waals surface area contributed by atoms with Crippen molar-refractivity contribution in [1.82, 2.24) is 15.0 Å². The van der Waals surface area contributed by atoms with Crippen LogP contribution in [0.15, 0.2) is 12.5 Å². The van der Waals surface area contributed by atoms with Gasteiger partial charge in [-0.3, -0.25) is 4.79 Å². The van der Waals surface area contributed by atoms with E-state index in [0.717, 1.165) is 0 Å². The Labute approximate surface area is 74.0 Å². The van der Waals surface area contributed by atoms with Gasteiger partial charge < -0.3 is 10.7 Å². The molecule has 0 aliphatic rings. The molecule has 0 saturated heterocycles. The molecule has 0 saturated carbocycles. The zero-order valence-corrected chi connectivity index (χ0v) is 7.03. The molecule has 2 aromatic rings. The number of carbonyl (C=O) groups excluding carboxylic acids is 1. The van der Waals surface area contributed by atoms with E-state index in [1.807, 2.05) is 0 Å². The number of nitrogens with one attached hydrogen (secondary N) is 1. The number of nitrogens with zero attached hydrogens (tertiary/aromatic N) is 2. The van der Waals surface area contributed by atoms with Gasteiger partial charge in [0, 0.05) is 11.8 Å². The van der Waals surface area contributed by atoms with E-state index in [2.05, 4.69) is 15.0 Å². The third-order valence-corrected chi connectivity index (χ3v) is 1.88. The summed E-state index contributed by atoms with van der Waals surface area (Å²) in [4.78, 5) is 21.8. The predicted octanol–water partition coefficient (Wildman–Crippen LogP) is 0.743. The van der Waals surface area contributed by atoms with E-state index in [4.69, 9.17) is 5.73 Å². The summed E-state index contributed by atoms with van der Waals surface area (Å²) in [6, 6.07) is 0. The van der Waals surface area contributed by atoms with Gasteiger partial charge in [-0.1, -0.05) is 0 Å². The van der Waals surface area contributed by atoms with Crippen molar-refractivity contribution in [2.75, 3.05) is 5.73 Å². The monoisotopic (exact) mass is 176 g/mol. The number of hydrogen-bond donors (Lipinski definition) is 2. The van der Waals surface area contributed by atoms with Crippen molar-refractivity contribution in [2.45, 2.75) is 6.92 Å². The van der Waals surface area contributed by atoms with Crippen molar-refractivity contribution in [3.05, 3.63) is 18.1 Å². The Morgan fingerprint density at radius 1 is 1.54 bits per heavy atom. The summed E-state index contributed by atoms with van der Waals surface area (Å²) >= 11 is 0. The molecule has 66 valence electrons. The molecule has 5 heteroatoms. The molecule has 2 heterocycles. The lowest BCUT2D eigenvalue weighted by molar-refractivity contribution is 0.101. The Balaban J connectivity index is 2.86. The first kappa shape index (κ1) is 7.72.